The summed E-state index contributed by atoms with van der Waals surface area (Å²) >= 11 is 0. The molecule has 0 radical (unpaired) electrons. The van der Waals surface area contributed by atoms with Crippen LogP contribution in [0.2, 0.25) is 0 Å². The molecule has 2 amide bonds. The Labute approximate surface area is 202 Å². The summed E-state index contributed by atoms with van der Waals surface area (Å²) in [4.78, 5) is 30.1. The van der Waals surface area contributed by atoms with Gasteiger partial charge in [-0.15, -0.1) is 0 Å². The second kappa shape index (κ2) is 10.9. The van der Waals surface area contributed by atoms with Crippen LogP contribution in [0.25, 0.3) is 0 Å². The fourth-order valence-electron chi connectivity index (χ4n) is 5.06. The molecule has 0 spiro atoms. The molecule has 182 valence electrons. The van der Waals surface area contributed by atoms with E-state index in [1.807, 2.05) is 18.2 Å². The van der Waals surface area contributed by atoms with Gasteiger partial charge in [-0.05, 0) is 43.7 Å². The van der Waals surface area contributed by atoms with E-state index in [9.17, 15) is 9.59 Å². The van der Waals surface area contributed by atoms with Gasteiger partial charge in [-0.25, -0.2) is 0 Å². The third kappa shape index (κ3) is 5.36. The maximum Gasteiger partial charge on any atom is 0.229 e. The predicted octanol–water partition coefficient (Wildman–Crippen LogP) is 4.46. The fraction of sp³-hybridized carbons (Fsp3) is 0.481. The van der Waals surface area contributed by atoms with E-state index in [1.165, 1.54) is 32.1 Å². The Hall–Kier alpha value is -3.06. The number of methoxy groups -OCH3 is 2. The summed E-state index contributed by atoms with van der Waals surface area (Å²) in [6.45, 7) is 1.09. The van der Waals surface area contributed by atoms with E-state index in [1.54, 1.807) is 37.3 Å². The topological polar surface area (TPSA) is 71.1 Å². The van der Waals surface area contributed by atoms with Crippen LogP contribution in [0.3, 0.4) is 0 Å². The van der Waals surface area contributed by atoms with Crippen LogP contribution in [0.5, 0.6) is 11.5 Å². The molecule has 0 bridgehead atoms. The number of benzene rings is 2. The second-order valence-corrected chi connectivity index (χ2v) is 9.30. The van der Waals surface area contributed by atoms with Gasteiger partial charge in [-0.3, -0.25) is 14.5 Å². The molecular weight excluding hydrogens is 430 g/mol. The summed E-state index contributed by atoms with van der Waals surface area (Å²) in [5, 5.41) is 3.10. The molecule has 0 aromatic heterocycles. The van der Waals surface area contributed by atoms with Crippen molar-refractivity contribution < 1.29 is 19.1 Å². The van der Waals surface area contributed by atoms with Gasteiger partial charge in [0.1, 0.15) is 11.5 Å². The van der Waals surface area contributed by atoms with Gasteiger partial charge in [-0.1, -0.05) is 37.5 Å². The van der Waals surface area contributed by atoms with Crippen LogP contribution in [0, 0.1) is 5.92 Å². The van der Waals surface area contributed by atoms with Gasteiger partial charge in [0.15, 0.2) is 0 Å². The van der Waals surface area contributed by atoms with Crippen LogP contribution in [0.4, 0.5) is 11.4 Å². The van der Waals surface area contributed by atoms with Crippen LogP contribution in [0.1, 0.15) is 44.1 Å². The van der Waals surface area contributed by atoms with Gasteiger partial charge in [0.05, 0.1) is 25.8 Å². The SMILES string of the molecule is COc1ccc(OC)c(N2CC(C(=O)Nc3ccccc3CN(C)C3CCCCC3)CC2=O)c1. The van der Waals surface area contributed by atoms with Gasteiger partial charge >= 0.3 is 0 Å². The number of carbonyl (C=O) groups excluding carboxylic acids is 2. The number of carbonyl (C=O) groups is 2. The van der Waals surface area contributed by atoms with Crippen molar-refractivity contribution in [3.05, 3.63) is 48.0 Å². The van der Waals surface area contributed by atoms with Crippen molar-refractivity contribution in [2.24, 2.45) is 5.92 Å². The van der Waals surface area contributed by atoms with E-state index < -0.39 is 5.92 Å². The summed E-state index contributed by atoms with van der Waals surface area (Å²) in [5.41, 5.74) is 2.54. The number of anilines is 2. The molecule has 1 heterocycles. The first-order chi connectivity index (χ1) is 16.5. The Bertz CT molecular complexity index is 1020. The Kier molecular flexibility index (Phi) is 7.73. The zero-order chi connectivity index (χ0) is 24.1. The predicted molar refractivity (Wildman–Crippen MR) is 133 cm³/mol. The van der Waals surface area contributed by atoms with Gasteiger partial charge in [0.25, 0.3) is 0 Å². The largest absolute Gasteiger partial charge is 0.497 e. The van der Waals surface area contributed by atoms with Crippen molar-refractivity contribution in [3.8, 4) is 11.5 Å². The summed E-state index contributed by atoms with van der Waals surface area (Å²) in [5.74, 6) is 0.536. The van der Waals surface area contributed by atoms with E-state index >= 15 is 0 Å². The molecule has 2 aromatic rings. The van der Waals surface area contributed by atoms with Gasteiger partial charge in [-0.2, -0.15) is 0 Å². The maximum absolute atomic E-state index is 13.2. The molecule has 7 heteroatoms. The van der Waals surface area contributed by atoms with Crippen molar-refractivity contribution in [1.29, 1.82) is 0 Å². The van der Waals surface area contributed by atoms with Crippen LogP contribution < -0.4 is 19.7 Å². The molecule has 1 saturated carbocycles. The lowest BCUT2D eigenvalue weighted by Gasteiger charge is -2.31. The highest BCUT2D eigenvalue weighted by molar-refractivity contribution is 6.04. The number of hydrogen-bond acceptors (Lipinski definition) is 5. The minimum absolute atomic E-state index is 0.1000. The van der Waals surface area contributed by atoms with Crippen LogP contribution in [-0.4, -0.2) is 50.6 Å². The molecule has 34 heavy (non-hydrogen) atoms. The summed E-state index contributed by atoms with van der Waals surface area (Å²) in [6, 6.07) is 13.9. The second-order valence-electron chi connectivity index (χ2n) is 9.30. The monoisotopic (exact) mass is 465 g/mol. The minimum Gasteiger partial charge on any atom is -0.497 e. The molecule has 2 fully saturated rings. The lowest BCUT2D eigenvalue weighted by molar-refractivity contribution is -0.122. The van der Waals surface area contributed by atoms with Crippen LogP contribution in [-0.2, 0) is 16.1 Å². The number of nitrogens with one attached hydrogen (secondary N) is 1. The van der Waals surface area contributed by atoms with Crippen molar-refractivity contribution in [2.45, 2.75) is 51.1 Å². The number of amides is 2. The van der Waals surface area contributed by atoms with Crippen LogP contribution >= 0.6 is 0 Å². The Morgan fingerprint density at radius 1 is 1.09 bits per heavy atom. The number of nitrogens with zero attached hydrogens (tertiary/aromatic N) is 2. The highest BCUT2D eigenvalue weighted by Crippen LogP contribution is 2.36. The average Bonchev–Trinajstić information content (AvgIpc) is 3.26. The normalized spacial score (nSPS) is 18.9. The average molecular weight is 466 g/mol. The minimum atomic E-state index is -0.437. The molecule has 2 aromatic carbocycles. The van der Waals surface area contributed by atoms with E-state index in [0.29, 0.717) is 29.8 Å². The van der Waals surface area contributed by atoms with Gasteiger partial charge in [0, 0.05) is 37.3 Å². The number of ether oxygens (including phenoxy) is 2. The molecular formula is C27H35N3O4. The standard InChI is InChI=1S/C27H35N3O4/c1-29(21-10-5-4-6-11-21)17-19-9-7-8-12-23(19)28-27(32)20-15-26(31)30(18-20)24-16-22(33-2)13-14-25(24)34-3/h7-9,12-14,16,20-21H,4-6,10-11,15,17-18H2,1-3H3,(H,28,32). The third-order valence-electron chi connectivity index (χ3n) is 7.07. The number of rotatable bonds is 8. The molecule has 4 rings (SSSR count). The Morgan fingerprint density at radius 2 is 1.85 bits per heavy atom. The van der Waals surface area contributed by atoms with Crippen LogP contribution in [0.15, 0.2) is 42.5 Å². The van der Waals surface area contributed by atoms with Crippen molar-refractivity contribution in [2.75, 3.05) is 38.0 Å². The zero-order valence-electron chi connectivity index (χ0n) is 20.4. The summed E-state index contributed by atoms with van der Waals surface area (Å²) in [7, 11) is 5.32. The van der Waals surface area contributed by atoms with E-state index in [2.05, 4.69) is 23.3 Å². The quantitative estimate of drug-likeness (QED) is 0.623. The Morgan fingerprint density at radius 3 is 2.59 bits per heavy atom. The fourth-order valence-corrected chi connectivity index (χ4v) is 5.06. The van der Waals surface area contributed by atoms with Crippen molar-refractivity contribution in [3.63, 3.8) is 0 Å². The molecule has 1 atom stereocenters. The lowest BCUT2D eigenvalue weighted by atomic mass is 9.94. The van der Waals surface area contributed by atoms with Crippen molar-refractivity contribution >= 4 is 23.2 Å². The zero-order valence-corrected chi connectivity index (χ0v) is 20.4. The summed E-state index contributed by atoms with van der Waals surface area (Å²) < 4.78 is 10.8. The highest BCUT2D eigenvalue weighted by Gasteiger charge is 2.36. The first kappa shape index (κ1) is 24.1. The lowest BCUT2D eigenvalue weighted by Crippen LogP contribution is -2.33. The first-order valence-electron chi connectivity index (χ1n) is 12.1. The molecule has 1 aliphatic heterocycles. The highest BCUT2D eigenvalue weighted by atomic mass is 16.5. The molecule has 1 saturated heterocycles. The number of hydrogen-bond donors (Lipinski definition) is 1. The molecule has 1 aliphatic carbocycles. The van der Waals surface area contributed by atoms with Crippen molar-refractivity contribution in [1.82, 2.24) is 4.90 Å². The van der Waals surface area contributed by atoms with E-state index in [4.69, 9.17) is 9.47 Å². The smallest absolute Gasteiger partial charge is 0.229 e. The molecule has 2 aliphatic rings. The maximum atomic E-state index is 13.2. The molecule has 1 N–H and O–H groups in total. The van der Waals surface area contributed by atoms with Gasteiger partial charge < -0.3 is 19.7 Å². The number of para-hydroxylation sites is 1. The summed E-state index contributed by atoms with van der Waals surface area (Å²) in [6.07, 6.45) is 6.54. The molecule has 7 nitrogen and oxygen atoms in total. The Balaban J connectivity index is 1.44. The third-order valence-corrected chi connectivity index (χ3v) is 7.07. The first-order valence-corrected chi connectivity index (χ1v) is 12.1. The van der Waals surface area contributed by atoms with E-state index in [0.717, 1.165) is 17.8 Å². The molecule has 1 unspecified atom stereocenters. The van der Waals surface area contributed by atoms with Gasteiger partial charge in [0.2, 0.25) is 11.8 Å². The van der Waals surface area contributed by atoms with E-state index in [-0.39, 0.29) is 18.2 Å².